The molecule has 0 fully saturated rings. The normalized spacial score (nSPS) is 9.58. The zero-order valence-electron chi connectivity index (χ0n) is 6.30. The van der Waals surface area contributed by atoms with Gasteiger partial charge < -0.3 is 4.74 Å². The third kappa shape index (κ3) is 1.74. The average Bonchev–Trinajstić information content (AvgIpc) is 2.03. The quantitative estimate of drug-likeness (QED) is 0.614. The van der Waals surface area contributed by atoms with E-state index in [9.17, 15) is 9.18 Å². The zero-order valence-corrected chi connectivity index (χ0v) is 8.46. The molecule has 1 aromatic carbocycles. The highest BCUT2D eigenvalue weighted by atomic mass is 127. The van der Waals surface area contributed by atoms with Crippen LogP contribution in [0.5, 0.6) is 5.75 Å². The van der Waals surface area contributed by atoms with Crippen molar-refractivity contribution in [3.05, 3.63) is 29.6 Å². The first kappa shape index (κ1) is 9.44. The van der Waals surface area contributed by atoms with Crippen LogP contribution < -0.4 is 4.74 Å². The van der Waals surface area contributed by atoms with E-state index in [1.165, 1.54) is 41.8 Å². The van der Waals surface area contributed by atoms with E-state index in [1.54, 1.807) is 6.07 Å². The van der Waals surface area contributed by atoms with Crippen LogP contribution in [0.1, 0.15) is 10.4 Å². The van der Waals surface area contributed by atoms with Gasteiger partial charge >= 0.3 is 0 Å². The molecule has 64 valence electrons. The van der Waals surface area contributed by atoms with Crippen LogP contribution in [0.3, 0.4) is 0 Å². The summed E-state index contributed by atoms with van der Waals surface area (Å²) in [5.41, 5.74) is 0.000556. The molecule has 0 heterocycles. The molecule has 1 aromatic rings. The maximum absolute atomic E-state index is 13.0. The van der Waals surface area contributed by atoms with E-state index in [-0.39, 0.29) is 15.1 Å². The van der Waals surface area contributed by atoms with Gasteiger partial charge in [0, 0.05) is 22.6 Å². The van der Waals surface area contributed by atoms with Crippen LogP contribution in [-0.2, 0) is 0 Å². The number of ether oxygens (including phenoxy) is 1. The molecular formula is C8H6FIO2. The fourth-order valence-electron chi connectivity index (χ4n) is 0.865. The van der Waals surface area contributed by atoms with Crippen LogP contribution in [0.4, 0.5) is 4.39 Å². The molecule has 0 aromatic heterocycles. The van der Waals surface area contributed by atoms with E-state index in [2.05, 4.69) is 0 Å². The standard InChI is InChI=1S/C8H6FIO2/c1-12-6-4-2-3-5(9)7(6)8(10)11/h2-4H,1H3. The predicted molar refractivity (Wildman–Crippen MR) is 51.3 cm³/mol. The molecule has 12 heavy (non-hydrogen) atoms. The van der Waals surface area contributed by atoms with E-state index in [1.807, 2.05) is 0 Å². The zero-order chi connectivity index (χ0) is 9.14. The molecule has 0 N–H and O–H groups in total. The van der Waals surface area contributed by atoms with Crippen molar-refractivity contribution < 1.29 is 13.9 Å². The lowest BCUT2D eigenvalue weighted by molar-refractivity contribution is 0.110. The summed E-state index contributed by atoms with van der Waals surface area (Å²) in [6, 6.07) is 4.28. The molecular weight excluding hydrogens is 274 g/mol. The van der Waals surface area contributed by atoms with E-state index < -0.39 is 5.82 Å². The number of halogens is 2. The molecule has 0 aliphatic rings. The second kappa shape index (κ2) is 3.84. The van der Waals surface area contributed by atoms with Crippen LogP contribution in [0.2, 0.25) is 0 Å². The molecule has 0 unspecified atom stereocenters. The number of carbonyl (C=O) groups is 1. The van der Waals surface area contributed by atoms with Crippen molar-refractivity contribution >= 4 is 26.4 Å². The van der Waals surface area contributed by atoms with Gasteiger partial charge in [-0.3, -0.25) is 4.79 Å². The largest absolute Gasteiger partial charge is 0.496 e. The van der Waals surface area contributed by atoms with Gasteiger partial charge in [-0.2, -0.15) is 0 Å². The van der Waals surface area contributed by atoms with Crippen molar-refractivity contribution in [1.82, 2.24) is 0 Å². The van der Waals surface area contributed by atoms with Gasteiger partial charge in [0.05, 0.1) is 7.11 Å². The van der Waals surface area contributed by atoms with E-state index in [4.69, 9.17) is 4.74 Å². The summed E-state index contributed by atoms with van der Waals surface area (Å²) in [4.78, 5) is 10.9. The summed E-state index contributed by atoms with van der Waals surface area (Å²) in [6.07, 6.45) is 0. The van der Waals surface area contributed by atoms with Gasteiger partial charge in [0.15, 0.2) is 0 Å². The molecule has 0 atom stereocenters. The number of benzene rings is 1. The molecule has 2 nitrogen and oxygen atoms in total. The molecule has 0 bridgehead atoms. The van der Waals surface area contributed by atoms with Crippen molar-refractivity contribution in [2.45, 2.75) is 0 Å². The van der Waals surface area contributed by atoms with Gasteiger partial charge in [-0.05, 0) is 12.1 Å². The van der Waals surface area contributed by atoms with Crippen molar-refractivity contribution in [1.29, 1.82) is 0 Å². The minimum atomic E-state index is -0.547. The van der Waals surface area contributed by atoms with Gasteiger partial charge in [0.2, 0.25) is 3.79 Å². The maximum atomic E-state index is 13.0. The summed E-state index contributed by atoms with van der Waals surface area (Å²) in [6.45, 7) is 0. The average molecular weight is 280 g/mol. The fourth-order valence-corrected chi connectivity index (χ4v) is 1.39. The van der Waals surface area contributed by atoms with Gasteiger partial charge in [0.25, 0.3) is 0 Å². The second-order valence-electron chi connectivity index (χ2n) is 2.09. The van der Waals surface area contributed by atoms with Crippen LogP contribution in [0.15, 0.2) is 18.2 Å². The molecule has 0 amide bonds. The lowest BCUT2D eigenvalue weighted by Gasteiger charge is -2.04. The molecule has 0 aliphatic carbocycles. The Hall–Kier alpha value is -0.650. The Kier molecular flexibility index (Phi) is 3.02. The van der Waals surface area contributed by atoms with Crippen LogP contribution >= 0.6 is 22.6 Å². The molecule has 0 aliphatic heterocycles. The van der Waals surface area contributed by atoms with Crippen molar-refractivity contribution in [3.8, 4) is 5.75 Å². The van der Waals surface area contributed by atoms with Crippen molar-refractivity contribution in [3.63, 3.8) is 0 Å². The molecule has 0 saturated heterocycles. The maximum Gasteiger partial charge on any atom is 0.229 e. The first-order chi connectivity index (χ1) is 5.66. The van der Waals surface area contributed by atoms with Gasteiger partial charge in [0.1, 0.15) is 17.1 Å². The second-order valence-corrected chi connectivity index (χ2v) is 3.07. The van der Waals surface area contributed by atoms with Gasteiger partial charge in [-0.1, -0.05) is 6.07 Å². The third-order valence-electron chi connectivity index (χ3n) is 1.39. The first-order valence-electron chi connectivity index (χ1n) is 3.19. The topological polar surface area (TPSA) is 26.3 Å². The molecule has 0 saturated carbocycles. The monoisotopic (exact) mass is 280 g/mol. The minimum Gasteiger partial charge on any atom is -0.496 e. The highest BCUT2D eigenvalue weighted by Crippen LogP contribution is 2.23. The van der Waals surface area contributed by atoms with Crippen molar-refractivity contribution in [2.24, 2.45) is 0 Å². The highest BCUT2D eigenvalue weighted by Gasteiger charge is 2.13. The number of carbonyl (C=O) groups excluding carboxylic acids is 1. The Morgan fingerprint density at radius 2 is 2.25 bits per heavy atom. The van der Waals surface area contributed by atoms with Crippen LogP contribution in [-0.4, -0.2) is 10.9 Å². The number of methoxy groups -OCH3 is 1. The highest BCUT2D eigenvalue weighted by molar-refractivity contribution is 14.1. The number of rotatable bonds is 2. The summed E-state index contributed by atoms with van der Waals surface area (Å²) in [5.74, 6) is -0.275. The summed E-state index contributed by atoms with van der Waals surface area (Å²) >= 11 is 1.52. The first-order valence-corrected chi connectivity index (χ1v) is 4.27. The van der Waals surface area contributed by atoms with Crippen LogP contribution in [0, 0.1) is 5.82 Å². The molecule has 1 rings (SSSR count). The summed E-state index contributed by atoms with van der Waals surface area (Å²) in [5, 5.41) is 0. The number of hydrogen-bond acceptors (Lipinski definition) is 2. The predicted octanol–water partition coefficient (Wildman–Crippen LogP) is 2.41. The SMILES string of the molecule is COc1cccc(F)c1C(=O)I. The van der Waals surface area contributed by atoms with Crippen LogP contribution in [0.25, 0.3) is 0 Å². The Morgan fingerprint density at radius 3 is 2.67 bits per heavy atom. The third-order valence-corrected chi connectivity index (χ3v) is 1.93. The number of hydrogen-bond donors (Lipinski definition) is 0. The Morgan fingerprint density at radius 1 is 1.58 bits per heavy atom. The Labute approximate surface area is 82.9 Å². The van der Waals surface area contributed by atoms with E-state index in [0.29, 0.717) is 0 Å². The van der Waals surface area contributed by atoms with Gasteiger partial charge in [-0.25, -0.2) is 4.39 Å². The van der Waals surface area contributed by atoms with Gasteiger partial charge in [-0.15, -0.1) is 0 Å². The molecule has 0 radical (unpaired) electrons. The van der Waals surface area contributed by atoms with Crippen molar-refractivity contribution in [2.75, 3.05) is 7.11 Å². The van der Waals surface area contributed by atoms with E-state index in [0.717, 1.165) is 0 Å². The Bertz CT molecular complexity index is 312. The smallest absolute Gasteiger partial charge is 0.229 e. The van der Waals surface area contributed by atoms with E-state index >= 15 is 0 Å². The molecule has 4 heteroatoms. The summed E-state index contributed by atoms with van der Waals surface area (Å²) < 4.78 is 17.4. The fraction of sp³-hybridized carbons (Fsp3) is 0.125. The lowest BCUT2D eigenvalue weighted by Crippen LogP contribution is -1.98. The Balaban J connectivity index is 3.29. The minimum absolute atomic E-state index is 0.000556. The summed E-state index contributed by atoms with van der Waals surface area (Å²) in [7, 11) is 1.40. The molecule has 0 spiro atoms. The lowest BCUT2D eigenvalue weighted by atomic mass is 10.2.